The Hall–Kier alpha value is -1.54. The normalized spacial score (nSPS) is 17.1. The van der Waals surface area contributed by atoms with Crippen LogP contribution in [0.2, 0.25) is 0 Å². The van der Waals surface area contributed by atoms with Gasteiger partial charge in [0.25, 0.3) is 0 Å². The number of carbonyl (C=O) groups is 2. The Morgan fingerprint density at radius 3 is 1.27 bits per heavy atom. The van der Waals surface area contributed by atoms with E-state index in [0.29, 0.717) is 0 Å². The van der Waals surface area contributed by atoms with Crippen LogP contribution < -0.4 is 0 Å². The summed E-state index contributed by atoms with van der Waals surface area (Å²) in [7, 11) is 0. The Bertz CT molecular complexity index is 468. The molecule has 0 aliphatic heterocycles. The van der Waals surface area contributed by atoms with Crippen molar-refractivity contribution < 1.29 is 67.0 Å². The Labute approximate surface area is 110 Å². The number of carbonyl (C=O) groups excluding carboxylic acids is 2. The lowest BCUT2D eigenvalue weighted by molar-refractivity contribution is -0.456. The summed E-state index contributed by atoms with van der Waals surface area (Å²) in [6.07, 6.45) is -14.3. The molecule has 0 saturated heterocycles. The molecule has 0 saturated carbocycles. The van der Waals surface area contributed by atoms with E-state index in [-0.39, 0.29) is 0 Å². The first-order valence-electron chi connectivity index (χ1n) is 4.33. The van der Waals surface area contributed by atoms with E-state index in [1.54, 1.807) is 4.74 Å². The summed E-state index contributed by atoms with van der Waals surface area (Å²) in [5.74, 6) is -21.1. The molecule has 0 aliphatic carbocycles. The third kappa shape index (κ3) is 2.98. The van der Waals surface area contributed by atoms with Crippen LogP contribution in [0.3, 0.4) is 0 Å². The summed E-state index contributed by atoms with van der Waals surface area (Å²) in [6, 6.07) is -8.88. The lowest BCUT2D eigenvalue weighted by Crippen LogP contribution is -2.63. The maximum atomic E-state index is 12.7. The van der Waals surface area contributed by atoms with Crippen molar-refractivity contribution in [3.05, 3.63) is 0 Å². The molecule has 0 aromatic heterocycles. The molecule has 0 aliphatic rings. The van der Waals surface area contributed by atoms with Crippen molar-refractivity contribution in [2.24, 2.45) is 0 Å². The molecule has 0 spiro atoms. The molecule has 130 valence electrons. The summed E-state index contributed by atoms with van der Waals surface area (Å²) in [5.41, 5.74) is 0. The maximum absolute atomic E-state index is 12.7. The smallest absolute Gasteiger partial charge is 0.261 e. The number of alkyl halides is 10. The molecule has 0 N–H and O–H groups in total. The summed E-state index contributed by atoms with van der Waals surface area (Å²) >= 11 is 0. The first-order valence-corrected chi connectivity index (χ1v) is 4.33. The highest BCUT2D eigenvalue weighted by atomic mass is 19.4. The zero-order chi connectivity index (χ0) is 18.4. The number of rotatable bonds is 6. The van der Waals surface area contributed by atoms with Gasteiger partial charge in [-0.3, -0.25) is 14.3 Å². The monoisotopic (exact) mass is 360 g/mol. The van der Waals surface area contributed by atoms with E-state index in [1.807, 2.05) is 0 Å². The molecule has 0 fully saturated rings. The van der Waals surface area contributed by atoms with Crippen LogP contribution in [0.25, 0.3) is 0 Å². The minimum absolute atomic E-state index is 1.55. The fraction of sp³-hybridized carbons (Fsp3) is 0.714. The minimum atomic E-state index is -7.40. The molecule has 1 atom stereocenters. The minimum Gasteiger partial charge on any atom is -0.261 e. The molecule has 22 heavy (non-hydrogen) atoms. The molecule has 3 nitrogen and oxygen atoms in total. The van der Waals surface area contributed by atoms with Gasteiger partial charge in [-0.25, -0.2) is 0 Å². The van der Waals surface area contributed by atoms with Gasteiger partial charge >= 0.3 is 42.1 Å². The van der Waals surface area contributed by atoms with E-state index in [1.165, 1.54) is 0 Å². The van der Waals surface area contributed by atoms with Crippen LogP contribution in [0.15, 0.2) is 0 Å². The standard InChI is InChI=1S/C7F12O3/c8-1(20)3(10,11)5(13,14)7(18,19)22-4(12,2(9)21)6(15,16)17/t4-/m1/s1. The number of hydrogen-bond acceptors (Lipinski definition) is 3. The second-order valence-electron chi connectivity index (χ2n) is 3.41. The molecule has 0 radical (unpaired) electrons. The van der Waals surface area contributed by atoms with E-state index < -0.39 is 42.1 Å². The van der Waals surface area contributed by atoms with Crippen molar-refractivity contribution in [2.45, 2.75) is 30.0 Å². The molecule has 0 aromatic carbocycles. The first-order chi connectivity index (χ1) is 9.34. The molecular formula is C7F12O3. The topological polar surface area (TPSA) is 43.4 Å². The lowest BCUT2D eigenvalue weighted by atomic mass is 10.1. The van der Waals surface area contributed by atoms with Crippen LogP contribution in [0.5, 0.6) is 0 Å². The summed E-state index contributed by atoms with van der Waals surface area (Å²) < 4.78 is 148. The zero-order valence-corrected chi connectivity index (χ0v) is 9.26. The van der Waals surface area contributed by atoms with Crippen molar-refractivity contribution in [1.29, 1.82) is 0 Å². The van der Waals surface area contributed by atoms with E-state index in [2.05, 4.69) is 0 Å². The predicted octanol–water partition coefficient (Wildman–Crippen LogP) is 3.09. The van der Waals surface area contributed by atoms with Crippen LogP contribution >= 0.6 is 0 Å². The van der Waals surface area contributed by atoms with Crippen molar-refractivity contribution >= 4 is 12.1 Å². The number of halogens is 12. The summed E-state index contributed by atoms with van der Waals surface area (Å²) in [5, 5.41) is 0. The second-order valence-corrected chi connectivity index (χ2v) is 3.41. The highest BCUT2D eigenvalue weighted by Gasteiger charge is 2.81. The molecule has 0 heterocycles. The summed E-state index contributed by atoms with van der Waals surface area (Å²) in [4.78, 5) is 19.2. The van der Waals surface area contributed by atoms with Crippen LogP contribution in [-0.2, 0) is 14.3 Å². The van der Waals surface area contributed by atoms with Gasteiger partial charge in [-0.2, -0.15) is 52.7 Å². The van der Waals surface area contributed by atoms with Gasteiger partial charge in [0.05, 0.1) is 0 Å². The Balaban J connectivity index is 5.96. The summed E-state index contributed by atoms with van der Waals surface area (Å²) in [6.45, 7) is 0. The third-order valence-electron chi connectivity index (χ3n) is 1.89. The molecule has 0 unspecified atom stereocenters. The van der Waals surface area contributed by atoms with Gasteiger partial charge in [0.2, 0.25) is 0 Å². The molecule has 0 amide bonds. The average Bonchev–Trinajstić information content (AvgIpc) is 2.25. The number of hydrogen-bond donors (Lipinski definition) is 0. The van der Waals surface area contributed by atoms with Crippen molar-refractivity contribution in [2.75, 3.05) is 0 Å². The quantitative estimate of drug-likeness (QED) is 0.540. The van der Waals surface area contributed by atoms with Gasteiger partial charge in [0, 0.05) is 0 Å². The largest absolute Gasteiger partial charge is 0.459 e. The van der Waals surface area contributed by atoms with Gasteiger partial charge in [0.15, 0.2) is 0 Å². The van der Waals surface area contributed by atoms with E-state index in [9.17, 15) is 62.3 Å². The first kappa shape index (κ1) is 20.5. The van der Waals surface area contributed by atoms with Crippen LogP contribution in [-0.4, -0.2) is 42.1 Å². The SMILES string of the molecule is O=C(F)C(F)(F)C(F)(F)C(F)(F)O[C@](F)(C(=O)F)C(F)(F)F. The molecule has 0 bridgehead atoms. The third-order valence-corrected chi connectivity index (χ3v) is 1.89. The van der Waals surface area contributed by atoms with E-state index in [4.69, 9.17) is 0 Å². The van der Waals surface area contributed by atoms with Gasteiger partial charge in [-0.1, -0.05) is 0 Å². The highest BCUT2D eigenvalue weighted by molar-refractivity contribution is 5.78. The van der Waals surface area contributed by atoms with Crippen molar-refractivity contribution in [3.63, 3.8) is 0 Å². The predicted molar refractivity (Wildman–Crippen MR) is 38.0 cm³/mol. The van der Waals surface area contributed by atoms with Crippen LogP contribution in [0.1, 0.15) is 0 Å². The molecular weight excluding hydrogens is 360 g/mol. The van der Waals surface area contributed by atoms with Crippen LogP contribution in [0, 0.1) is 0 Å². The van der Waals surface area contributed by atoms with Crippen molar-refractivity contribution in [1.82, 2.24) is 0 Å². The van der Waals surface area contributed by atoms with Crippen LogP contribution in [0.4, 0.5) is 52.7 Å². The van der Waals surface area contributed by atoms with Gasteiger partial charge in [0.1, 0.15) is 0 Å². The van der Waals surface area contributed by atoms with E-state index >= 15 is 0 Å². The van der Waals surface area contributed by atoms with E-state index in [0.717, 1.165) is 0 Å². The maximum Gasteiger partial charge on any atom is 0.459 e. The lowest BCUT2D eigenvalue weighted by Gasteiger charge is -2.33. The molecule has 15 heteroatoms. The van der Waals surface area contributed by atoms with Gasteiger partial charge in [-0.15, -0.1) is 0 Å². The highest BCUT2D eigenvalue weighted by Crippen LogP contribution is 2.51. The Morgan fingerprint density at radius 1 is 0.682 bits per heavy atom. The fourth-order valence-electron chi connectivity index (χ4n) is 0.756. The zero-order valence-electron chi connectivity index (χ0n) is 9.26. The molecule has 0 rings (SSSR count). The molecule has 0 aromatic rings. The fourth-order valence-corrected chi connectivity index (χ4v) is 0.756. The Kier molecular flexibility index (Phi) is 4.90. The average molecular weight is 360 g/mol. The second kappa shape index (κ2) is 5.27. The van der Waals surface area contributed by atoms with Gasteiger partial charge in [-0.05, 0) is 0 Å². The Morgan fingerprint density at radius 2 is 1.05 bits per heavy atom. The van der Waals surface area contributed by atoms with Crippen molar-refractivity contribution in [3.8, 4) is 0 Å². The van der Waals surface area contributed by atoms with Gasteiger partial charge < -0.3 is 0 Å². The number of ether oxygens (including phenoxy) is 1.